The molecule has 3 heteroatoms. The average Bonchev–Trinajstić information content (AvgIpc) is 2.10. The maximum Gasteiger partial charge on any atom is 0.0911 e. The fourth-order valence-corrected chi connectivity index (χ4v) is 3.17. The monoisotopic (exact) mass is 268 g/mol. The molecule has 1 aromatic rings. The highest BCUT2D eigenvalue weighted by atomic mass is 79.9. The van der Waals surface area contributed by atoms with Crippen LogP contribution in [0.4, 0.5) is 0 Å². The molecule has 0 aromatic heterocycles. The van der Waals surface area contributed by atoms with Crippen LogP contribution in [0.3, 0.4) is 0 Å². The predicted molar refractivity (Wildman–Crippen MR) is 60.5 cm³/mol. The fraction of sp³-hybridized carbons (Fsp3) is 0.500. The van der Waals surface area contributed by atoms with E-state index < -0.39 is 5.60 Å². The second-order valence-corrected chi connectivity index (χ2v) is 5.80. The quantitative estimate of drug-likeness (QED) is 0.848. The molecular formula is C12H13BrO2. The number of halogens is 1. The molecule has 1 spiro atoms. The van der Waals surface area contributed by atoms with Crippen molar-refractivity contribution in [2.24, 2.45) is 5.41 Å². The SMILES string of the molecule is OC1(c2cccc(Br)c2)CC2(COC2)C1. The van der Waals surface area contributed by atoms with E-state index in [1.54, 1.807) is 0 Å². The smallest absolute Gasteiger partial charge is 0.0911 e. The van der Waals surface area contributed by atoms with Gasteiger partial charge in [0.25, 0.3) is 0 Å². The van der Waals surface area contributed by atoms with E-state index in [0.717, 1.165) is 36.1 Å². The molecule has 0 radical (unpaired) electrons. The highest BCUT2D eigenvalue weighted by molar-refractivity contribution is 9.10. The van der Waals surface area contributed by atoms with Crippen molar-refractivity contribution in [2.75, 3.05) is 13.2 Å². The van der Waals surface area contributed by atoms with Crippen molar-refractivity contribution < 1.29 is 9.84 Å². The van der Waals surface area contributed by atoms with E-state index in [1.165, 1.54) is 0 Å². The molecule has 3 rings (SSSR count). The van der Waals surface area contributed by atoms with Gasteiger partial charge in [-0.1, -0.05) is 28.1 Å². The van der Waals surface area contributed by atoms with Gasteiger partial charge in [-0.2, -0.15) is 0 Å². The lowest BCUT2D eigenvalue weighted by Crippen LogP contribution is -2.59. The van der Waals surface area contributed by atoms with Gasteiger partial charge in [0.2, 0.25) is 0 Å². The van der Waals surface area contributed by atoms with Gasteiger partial charge in [-0.05, 0) is 30.5 Å². The minimum Gasteiger partial charge on any atom is -0.385 e. The molecule has 0 amide bonds. The topological polar surface area (TPSA) is 29.5 Å². The Morgan fingerprint density at radius 3 is 2.53 bits per heavy atom. The number of hydrogen-bond acceptors (Lipinski definition) is 2. The summed E-state index contributed by atoms with van der Waals surface area (Å²) in [5.74, 6) is 0. The van der Waals surface area contributed by atoms with E-state index >= 15 is 0 Å². The van der Waals surface area contributed by atoms with E-state index in [-0.39, 0.29) is 5.41 Å². The molecule has 1 aliphatic heterocycles. The zero-order valence-corrected chi connectivity index (χ0v) is 9.96. The molecule has 1 aliphatic carbocycles. The summed E-state index contributed by atoms with van der Waals surface area (Å²) in [6.07, 6.45) is 1.69. The third-order valence-electron chi connectivity index (χ3n) is 3.51. The van der Waals surface area contributed by atoms with Crippen molar-refractivity contribution in [1.82, 2.24) is 0 Å². The zero-order chi connectivity index (χ0) is 10.5. The van der Waals surface area contributed by atoms with Crippen molar-refractivity contribution in [1.29, 1.82) is 0 Å². The van der Waals surface area contributed by atoms with E-state index in [2.05, 4.69) is 15.9 Å². The largest absolute Gasteiger partial charge is 0.385 e. The maximum atomic E-state index is 10.4. The van der Waals surface area contributed by atoms with Crippen molar-refractivity contribution in [3.05, 3.63) is 34.3 Å². The lowest BCUT2D eigenvalue weighted by molar-refractivity contribution is -0.244. The zero-order valence-electron chi connectivity index (χ0n) is 8.37. The van der Waals surface area contributed by atoms with Gasteiger partial charge >= 0.3 is 0 Å². The highest BCUT2D eigenvalue weighted by Gasteiger charge is 2.58. The molecule has 0 atom stereocenters. The lowest BCUT2D eigenvalue weighted by Gasteiger charge is -2.58. The first kappa shape index (κ1) is 9.82. The molecule has 1 aromatic carbocycles. The van der Waals surface area contributed by atoms with Gasteiger partial charge in [-0.25, -0.2) is 0 Å². The Bertz CT molecular complexity index is 390. The van der Waals surface area contributed by atoms with Gasteiger partial charge < -0.3 is 9.84 Å². The lowest BCUT2D eigenvalue weighted by atomic mass is 9.56. The Morgan fingerprint density at radius 2 is 2.00 bits per heavy atom. The van der Waals surface area contributed by atoms with Crippen LogP contribution in [0.2, 0.25) is 0 Å². The molecule has 1 N–H and O–H groups in total. The Kier molecular flexibility index (Phi) is 2.00. The molecule has 15 heavy (non-hydrogen) atoms. The Morgan fingerprint density at radius 1 is 1.27 bits per heavy atom. The van der Waals surface area contributed by atoms with Crippen LogP contribution in [-0.2, 0) is 10.3 Å². The minimum atomic E-state index is -0.618. The first-order chi connectivity index (χ1) is 7.12. The minimum absolute atomic E-state index is 0.289. The molecule has 1 heterocycles. The number of aliphatic hydroxyl groups is 1. The van der Waals surface area contributed by atoms with Gasteiger partial charge in [0.15, 0.2) is 0 Å². The summed E-state index contributed by atoms with van der Waals surface area (Å²) < 4.78 is 6.24. The average molecular weight is 269 g/mol. The summed E-state index contributed by atoms with van der Waals surface area (Å²) in [7, 11) is 0. The summed E-state index contributed by atoms with van der Waals surface area (Å²) >= 11 is 3.43. The second kappa shape index (κ2) is 3.06. The van der Waals surface area contributed by atoms with E-state index in [4.69, 9.17) is 4.74 Å². The third kappa shape index (κ3) is 1.45. The van der Waals surface area contributed by atoms with E-state index in [0.29, 0.717) is 0 Å². The number of rotatable bonds is 1. The Labute approximate surface area is 97.4 Å². The van der Waals surface area contributed by atoms with Gasteiger partial charge in [-0.15, -0.1) is 0 Å². The van der Waals surface area contributed by atoms with Crippen LogP contribution in [0.1, 0.15) is 18.4 Å². The number of ether oxygens (including phenoxy) is 1. The van der Waals surface area contributed by atoms with Crippen LogP contribution >= 0.6 is 15.9 Å². The van der Waals surface area contributed by atoms with Crippen molar-refractivity contribution in [3.63, 3.8) is 0 Å². The predicted octanol–water partition coefficient (Wildman–Crippen LogP) is 2.45. The molecule has 1 saturated carbocycles. The Balaban J connectivity index is 1.83. The fourth-order valence-electron chi connectivity index (χ4n) is 2.77. The van der Waals surface area contributed by atoms with Crippen LogP contribution in [0.25, 0.3) is 0 Å². The summed E-state index contributed by atoms with van der Waals surface area (Å²) in [6, 6.07) is 7.96. The third-order valence-corrected chi connectivity index (χ3v) is 4.01. The highest BCUT2D eigenvalue weighted by Crippen LogP contribution is 2.57. The molecule has 2 aliphatic rings. The standard InChI is InChI=1S/C12H13BrO2/c13-10-3-1-2-9(4-10)12(14)5-11(6-12)7-15-8-11/h1-4,14H,5-8H2. The summed E-state index contributed by atoms with van der Waals surface area (Å²) in [6.45, 7) is 1.65. The normalized spacial score (nSPS) is 25.7. The summed E-state index contributed by atoms with van der Waals surface area (Å²) in [5.41, 5.74) is 0.694. The summed E-state index contributed by atoms with van der Waals surface area (Å²) in [4.78, 5) is 0. The Hall–Kier alpha value is -0.380. The van der Waals surface area contributed by atoms with Gasteiger partial charge in [0.1, 0.15) is 0 Å². The molecule has 0 bridgehead atoms. The van der Waals surface area contributed by atoms with Gasteiger partial charge in [0, 0.05) is 9.89 Å². The van der Waals surface area contributed by atoms with Crippen LogP contribution in [0, 0.1) is 5.41 Å². The maximum absolute atomic E-state index is 10.4. The van der Waals surface area contributed by atoms with Gasteiger partial charge in [-0.3, -0.25) is 0 Å². The van der Waals surface area contributed by atoms with Crippen LogP contribution in [0.15, 0.2) is 28.7 Å². The summed E-state index contributed by atoms with van der Waals surface area (Å²) in [5, 5.41) is 10.4. The molecule has 0 unspecified atom stereocenters. The van der Waals surface area contributed by atoms with Crippen LogP contribution in [-0.4, -0.2) is 18.3 Å². The second-order valence-electron chi connectivity index (χ2n) is 4.89. The molecule has 2 nitrogen and oxygen atoms in total. The van der Waals surface area contributed by atoms with Crippen molar-refractivity contribution in [2.45, 2.75) is 18.4 Å². The molecular weight excluding hydrogens is 256 g/mol. The van der Waals surface area contributed by atoms with Crippen LogP contribution < -0.4 is 0 Å². The van der Waals surface area contributed by atoms with Crippen LogP contribution in [0.5, 0.6) is 0 Å². The van der Waals surface area contributed by atoms with Crippen molar-refractivity contribution >= 4 is 15.9 Å². The molecule has 80 valence electrons. The molecule has 1 saturated heterocycles. The van der Waals surface area contributed by atoms with Gasteiger partial charge in [0.05, 0.1) is 18.8 Å². The molecule has 2 fully saturated rings. The van der Waals surface area contributed by atoms with E-state index in [9.17, 15) is 5.11 Å². The number of hydrogen-bond donors (Lipinski definition) is 1. The van der Waals surface area contributed by atoms with E-state index in [1.807, 2.05) is 24.3 Å². The first-order valence-electron chi connectivity index (χ1n) is 5.18. The number of benzene rings is 1. The van der Waals surface area contributed by atoms with Crippen molar-refractivity contribution in [3.8, 4) is 0 Å². The first-order valence-corrected chi connectivity index (χ1v) is 5.98.